The molecule has 2 aromatic carbocycles. The predicted molar refractivity (Wildman–Crippen MR) is 83.9 cm³/mol. The third-order valence-electron chi connectivity index (χ3n) is 3.17. The molecular weight excluding hydrogens is 278 g/mol. The number of oxazole rings is 1. The van der Waals surface area contributed by atoms with Crippen molar-refractivity contribution in [3.63, 3.8) is 0 Å². The Morgan fingerprint density at radius 1 is 1.18 bits per heavy atom. The summed E-state index contributed by atoms with van der Waals surface area (Å²) in [4.78, 5) is 16.6. The highest BCUT2D eigenvalue weighted by molar-refractivity contribution is 5.97. The Morgan fingerprint density at radius 3 is 2.68 bits per heavy atom. The molecule has 0 N–H and O–H groups in total. The number of hydrogen-bond acceptors (Lipinski definition) is 4. The van der Waals surface area contributed by atoms with Crippen LogP contribution in [0.2, 0.25) is 0 Å². The molecule has 0 unspecified atom stereocenters. The van der Waals surface area contributed by atoms with Crippen molar-refractivity contribution in [2.45, 2.75) is 13.3 Å². The van der Waals surface area contributed by atoms with E-state index in [4.69, 9.17) is 9.15 Å². The molecule has 0 spiro atoms. The highest BCUT2D eigenvalue weighted by atomic mass is 16.5. The summed E-state index contributed by atoms with van der Waals surface area (Å²) in [5, 5.41) is 0. The number of Topliss-reactive ketones (excluding diaryl/α,β-unsaturated/α-hetero) is 1. The Hall–Kier alpha value is -2.88. The van der Waals surface area contributed by atoms with Gasteiger partial charge in [-0.3, -0.25) is 4.79 Å². The van der Waals surface area contributed by atoms with Crippen molar-refractivity contribution >= 4 is 16.9 Å². The van der Waals surface area contributed by atoms with Crippen molar-refractivity contribution < 1.29 is 13.9 Å². The number of allylic oxidation sites excluding steroid dienone is 1. The zero-order valence-electron chi connectivity index (χ0n) is 12.2. The Bertz CT molecular complexity index is 783. The number of para-hydroxylation sites is 2. The van der Waals surface area contributed by atoms with Gasteiger partial charge in [0.25, 0.3) is 0 Å². The molecule has 4 nitrogen and oxygen atoms in total. The third-order valence-corrected chi connectivity index (χ3v) is 3.17. The number of carbonyl (C=O) groups excluding carboxylic acids is 1. The molecule has 0 amide bonds. The van der Waals surface area contributed by atoms with Crippen LogP contribution in [0.15, 0.2) is 65.3 Å². The smallest absolute Gasteiger partial charge is 0.203 e. The normalized spacial score (nSPS) is 11.1. The van der Waals surface area contributed by atoms with E-state index in [1.807, 2.05) is 31.2 Å². The molecule has 0 saturated heterocycles. The van der Waals surface area contributed by atoms with Crippen molar-refractivity contribution in [1.29, 1.82) is 0 Å². The van der Waals surface area contributed by atoms with Gasteiger partial charge in [0.1, 0.15) is 11.3 Å². The van der Waals surface area contributed by atoms with Gasteiger partial charge in [-0.1, -0.05) is 18.2 Å². The van der Waals surface area contributed by atoms with Crippen LogP contribution < -0.4 is 4.74 Å². The van der Waals surface area contributed by atoms with E-state index >= 15 is 0 Å². The van der Waals surface area contributed by atoms with Crippen LogP contribution in [-0.4, -0.2) is 10.8 Å². The molecule has 0 radical (unpaired) electrons. The molecule has 1 aromatic heterocycles. The minimum absolute atomic E-state index is 0.0378. The number of carbonyl (C=O) groups is 1. The van der Waals surface area contributed by atoms with Crippen molar-refractivity contribution in [1.82, 2.24) is 4.98 Å². The minimum atomic E-state index is -0.0378. The fraction of sp³-hybridized carbons (Fsp3) is 0.111. The van der Waals surface area contributed by atoms with Crippen LogP contribution in [0.25, 0.3) is 11.1 Å². The first kappa shape index (κ1) is 14.1. The average Bonchev–Trinajstić information content (AvgIpc) is 2.95. The Morgan fingerprint density at radius 2 is 1.95 bits per heavy atom. The highest BCUT2D eigenvalue weighted by Gasteiger charge is 2.12. The van der Waals surface area contributed by atoms with Gasteiger partial charge in [-0.2, -0.15) is 0 Å². The van der Waals surface area contributed by atoms with Gasteiger partial charge in [-0.15, -0.1) is 0 Å². The molecule has 4 heteroatoms. The first-order valence-electron chi connectivity index (χ1n) is 7.02. The van der Waals surface area contributed by atoms with Crippen LogP contribution in [0.4, 0.5) is 0 Å². The molecular formula is C18H15NO3. The van der Waals surface area contributed by atoms with E-state index in [2.05, 4.69) is 4.98 Å². The summed E-state index contributed by atoms with van der Waals surface area (Å²) in [5.41, 5.74) is 2.07. The number of nitrogens with zero attached hydrogens (tertiary/aromatic N) is 1. The molecule has 0 aliphatic carbocycles. The number of benzene rings is 2. The summed E-state index contributed by atoms with van der Waals surface area (Å²) in [7, 11) is 0. The second-order valence-corrected chi connectivity index (χ2v) is 4.79. The predicted octanol–water partition coefficient (Wildman–Crippen LogP) is 4.17. The Labute approximate surface area is 128 Å². The van der Waals surface area contributed by atoms with E-state index in [0.29, 0.717) is 22.8 Å². The van der Waals surface area contributed by atoms with Gasteiger partial charge in [0.15, 0.2) is 11.4 Å². The first-order valence-corrected chi connectivity index (χ1v) is 7.02. The summed E-state index contributed by atoms with van der Waals surface area (Å²) in [6, 6.07) is 14.5. The van der Waals surface area contributed by atoms with Gasteiger partial charge in [0.05, 0.1) is 12.7 Å². The summed E-state index contributed by atoms with van der Waals surface area (Å²) < 4.78 is 10.9. The summed E-state index contributed by atoms with van der Waals surface area (Å²) in [6.45, 7) is 1.87. The van der Waals surface area contributed by atoms with Gasteiger partial charge in [-0.05, 0) is 43.3 Å². The first-order chi connectivity index (χ1) is 10.8. The van der Waals surface area contributed by atoms with E-state index in [1.165, 1.54) is 0 Å². The van der Waals surface area contributed by atoms with Crippen LogP contribution in [0.3, 0.4) is 0 Å². The monoisotopic (exact) mass is 293 g/mol. The fourth-order valence-corrected chi connectivity index (χ4v) is 2.10. The van der Waals surface area contributed by atoms with Gasteiger partial charge >= 0.3 is 0 Å². The largest absolute Gasteiger partial charge is 0.465 e. The maximum absolute atomic E-state index is 12.3. The van der Waals surface area contributed by atoms with Crippen molar-refractivity contribution in [2.24, 2.45) is 0 Å². The summed E-state index contributed by atoms with van der Waals surface area (Å²) in [6.07, 6.45) is 3.53. The van der Waals surface area contributed by atoms with E-state index in [1.54, 1.807) is 36.6 Å². The van der Waals surface area contributed by atoms with Crippen LogP contribution >= 0.6 is 0 Å². The lowest BCUT2D eigenvalue weighted by atomic mass is 10.1. The molecule has 0 atom stereocenters. The maximum atomic E-state index is 12.3. The molecule has 0 aliphatic rings. The van der Waals surface area contributed by atoms with Crippen LogP contribution in [-0.2, 0) is 6.42 Å². The lowest BCUT2D eigenvalue weighted by Crippen LogP contribution is -2.03. The molecule has 110 valence electrons. The Kier molecular flexibility index (Phi) is 4.01. The van der Waals surface area contributed by atoms with Gasteiger partial charge < -0.3 is 9.15 Å². The van der Waals surface area contributed by atoms with Crippen LogP contribution in [0.5, 0.6) is 5.75 Å². The van der Waals surface area contributed by atoms with Crippen molar-refractivity contribution in [3.05, 3.63) is 72.3 Å². The summed E-state index contributed by atoms with van der Waals surface area (Å²) >= 11 is 0. The fourth-order valence-electron chi connectivity index (χ4n) is 2.10. The molecule has 1 heterocycles. The average molecular weight is 293 g/mol. The van der Waals surface area contributed by atoms with Crippen molar-refractivity contribution in [3.8, 4) is 5.75 Å². The zero-order valence-corrected chi connectivity index (χ0v) is 12.2. The minimum Gasteiger partial charge on any atom is -0.465 e. The summed E-state index contributed by atoms with van der Waals surface area (Å²) in [5.74, 6) is 1.08. The molecule has 0 fully saturated rings. The number of ketones is 1. The van der Waals surface area contributed by atoms with Gasteiger partial charge in [0.2, 0.25) is 5.89 Å². The molecule has 3 aromatic rings. The van der Waals surface area contributed by atoms with E-state index in [-0.39, 0.29) is 12.2 Å². The van der Waals surface area contributed by atoms with Gasteiger partial charge in [-0.25, -0.2) is 4.98 Å². The maximum Gasteiger partial charge on any atom is 0.203 e. The number of hydrogen-bond donors (Lipinski definition) is 0. The van der Waals surface area contributed by atoms with Crippen molar-refractivity contribution in [2.75, 3.05) is 0 Å². The van der Waals surface area contributed by atoms with E-state index in [9.17, 15) is 4.79 Å². The molecule has 0 aliphatic heterocycles. The number of ether oxygens (including phenoxy) is 1. The second-order valence-electron chi connectivity index (χ2n) is 4.79. The third kappa shape index (κ3) is 3.06. The number of rotatable bonds is 5. The topological polar surface area (TPSA) is 52.3 Å². The van der Waals surface area contributed by atoms with E-state index < -0.39 is 0 Å². The highest BCUT2D eigenvalue weighted by Crippen LogP contribution is 2.18. The Balaban J connectivity index is 1.73. The number of aromatic nitrogens is 1. The lowest BCUT2D eigenvalue weighted by Gasteiger charge is -2.02. The van der Waals surface area contributed by atoms with Crippen LogP contribution in [0.1, 0.15) is 23.2 Å². The van der Waals surface area contributed by atoms with E-state index in [0.717, 1.165) is 5.52 Å². The second kappa shape index (κ2) is 6.26. The molecule has 22 heavy (non-hydrogen) atoms. The van der Waals surface area contributed by atoms with Crippen LogP contribution in [0, 0.1) is 0 Å². The van der Waals surface area contributed by atoms with Gasteiger partial charge in [0, 0.05) is 5.56 Å². The molecule has 0 bridgehead atoms. The quantitative estimate of drug-likeness (QED) is 0.523. The lowest BCUT2D eigenvalue weighted by molar-refractivity contribution is 0.0986. The SMILES string of the molecule is CC=COc1ccc(C(=O)Cc2nc3ccccc3o2)cc1. The zero-order chi connectivity index (χ0) is 15.4. The molecule has 3 rings (SSSR count). The molecule has 0 saturated carbocycles. The number of fused-ring (bicyclic) bond motifs is 1. The standard InChI is InChI=1S/C18H15NO3/c1-2-11-21-14-9-7-13(8-10-14)16(20)12-18-19-15-5-3-4-6-17(15)22-18/h2-11H,12H2,1H3.